The fourth-order valence-electron chi connectivity index (χ4n) is 0.694. The summed E-state index contributed by atoms with van der Waals surface area (Å²) in [6.45, 7) is 0. The van der Waals surface area contributed by atoms with Gasteiger partial charge in [-0.15, -0.1) is 12.3 Å². The highest BCUT2D eigenvalue weighted by Gasteiger charge is 2.40. The van der Waals surface area contributed by atoms with Crippen molar-refractivity contribution < 1.29 is 4.79 Å². The van der Waals surface area contributed by atoms with Crippen LogP contribution in [0.5, 0.6) is 0 Å². The fourth-order valence-corrected chi connectivity index (χ4v) is 0.694. The Labute approximate surface area is 48.1 Å². The van der Waals surface area contributed by atoms with Crippen molar-refractivity contribution in [1.82, 2.24) is 0 Å². The summed E-state index contributed by atoms with van der Waals surface area (Å²) in [4.78, 5) is 10.3. The van der Waals surface area contributed by atoms with Gasteiger partial charge in [0.05, 0.1) is 5.92 Å². The molecule has 0 aromatic heterocycles. The monoisotopic (exact) mass is 109 g/mol. The predicted octanol–water partition coefficient (Wildman–Crippen LogP) is -0.259. The second-order valence-electron chi connectivity index (χ2n) is 2.02. The van der Waals surface area contributed by atoms with Gasteiger partial charge in [0.15, 0.2) is 0 Å². The molecular weight excluding hydrogens is 102 g/mol. The minimum Gasteiger partial charge on any atom is -0.369 e. The molecule has 1 aliphatic carbocycles. The van der Waals surface area contributed by atoms with E-state index in [-0.39, 0.29) is 17.7 Å². The molecule has 2 N–H and O–H groups in total. The number of hydrogen-bond donors (Lipinski definition) is 1. The topological polar surface area (TPSA) is 43.1 Å². The second kappa shape index (κ2) is 1.52. The van der Waals surface area contributed by atoms with Crippen molar-refractivity contribution in [3.05, 3.63) is 0 Å². The number of amides is 1. The molecule has 2 nitrogen and oxygen atoms in total. The number of carbonyl (C=O) groups is 1. The third-order valence-corrected chi connectivity index (χ3v) is 1.37. The first-order valence-electron chi connectivity index (χ1n) is 2.51. The van der Waals surface area contributed by atoms with Crippen LogP contribution in [-0.2, 0) is 4.79 Å². The maximum absolute atomic E-state index is 10.3. The molecule has 0 spiro atoms. The number of hydrogen-bond acceptors (Lipinski definition) is 1. The van der Waals surface area contributed by atoms with Gasteiger partial charge in [-0.3, -0.25) is 4.79 Å². The van der Waals surface area contributed by atoms with Crippen LogP contribution in [0.2, 0.25) is 0 Å². The van der Waals surface area contributed by atoms with Crippen LogP contribution in [0.4, 0.5) is 0 Å². The second-order valence-corrected chi connectivity index (χ2v) is 2.02. The van der Waals surface area contributed by atoms with Gasteiger partial charge in [-0.2, -0.15) is 0 Å². The van der Waals surface area contributed by atoms with E-state index in [4.69, 9.17) is 12.2 Å². The van der Waals surface area contributed by atoms with E-state index in [9.17, 15) is 4.79 Å². The van der Waals surface area contributed by atoms with Gasteiger partial charge in [0, 0.05) is 5.92 Å². The van der Waals surface area contributed by atoms with Crippen LogP contribution in [0, 0.1) is 24.2 Å². The minimum atomic E-state index is -0.257. The van der Waals surface area contributed by atoms with E-state index in [2.05, 4.69) is 5.92 Å². The molecule has 0 bridgehead atoms. The van der Waals surface area contributed by atoms with E-state index in [1.807, 2.05) is 0 Å². The summed E-state index contributed by atoms with van der Waals surface area (Å²) in [5.41, 5.74) is 4.93. The number of rotatable bonds is 1. The summed E-state index contributed by atoms with van der Waals surface area (Å²) < 4.78 is 0. The van der Waals surface area contributed by atoms with Crippen LogP contribution in [-0.4, -0.2) is 5.91 Å². The molecule has 0 saturated heterocycles. The summed E-state index contributed by atoms with van der Waals surface area (Å²) in [6.07, 6.45) is 5.80. The Morgan fingerprint density at radius 2 is 2.50 bits per heavy atom. The molecule has 1 rings (SSSR count). The lowest BCUT2D eigenvalue weighted by Crippen LogP contribution is -2.13. The van der Waals surface area contributed by atoms with Crippen LogP contribution in [0.15, 0.2) is 0 Å². The van der Waals surface area contributed by atoms with E-state index < -0.39 is 0 Å². The molecule has 0 unspecified atom stereocenters. The van der Waals surface area contributed by atoms with E-state index in [0.717, 1.165) is 6.42 Å². The van der Waals surface area contributed by atoms with Crippen molar-refractivity contribution in [1.29, 1.82) is 0 Å². The Morgan fingerprint density at radius 3 is 2.62 bits per heavy atom. The molecule has 1 aliphatic rings. The van der Waals surface area contributed by atoms with E-state index in [0.29, 0.717) is 0 Å². The molecule has 0 aromatic carbocycles. The van der Waals surface area contributed by atoms with Crippen molar-refractivity contribution in [3.8, 4) is 12.3 Å². The summed E-state index contributed by atoms with van der Waals surface area (Å²) in [5, 5.41) is 0. The third-order valence-electron chi connectivity index (χ3n) is 1.37. The third kappa shape index (κ3) is 0.671. The van der Waals surface area contributed by atoms with Crippen LogP contribution in [0.1, 0.15) is 6.42 Å². The van der Waals surface area contributed by atoms with Crippen LogP contribution in [0.25, 0.3) is 0 Å². The Balaban J connectivity index is 2.40. The SMILES string of the molecule is C#C[C@@H]1C[C@H]1C(N)=O. The standard InChI is InChI=1S/C6H7NO/c1-2-4-3-5(4)6(7)8/h1,4-5H,3H2,(H2,7,8)/t4-,5-/m1/s1. The van der Waals surface area contributed by atoms with Crippen LogP contribution >= 0.6 is 0 Å². The van der Waals surface area contributed by atoms with Gasteiger partial charge in [-0.05, 0) is 6.42 Å². The number of nitrogens with two attached hydrogens (primary N) is 1. The van der Waals surface area contributed by atoms with Gasteiger partial charge in [0.1, 0.15) is 0 Å². The first-order valence-corrected chi connectivity index (χ1v) is 2.51. The smallest absolute Gasteiger partial charge is 0.221 e. The average Bonchev–Trinajstić information content (AvgIpc) is 2.42. The van der Waals surface area contributed by atoms with Crippen LogP contribution < -0.4 is 5.73 Å². The zero-order chi connectivity index (χ0) is 6.15. The molecule has 0 heterocycles. The molecule has 42 valence electrons. The maximum Gasteiger partial charge on any atom is 0.221 e. The molecular formula is C6H7NO. The van der Waals surface area contributed by atoms with Gasteiger partial charge >= 0.3 is 0 Å². The largest absolute Gasteiger partial charge is 0.369 e. The van der Waals surface area contributed by atoms with Crippen molar-refractivity contribution >= 4 is 5.91 Å². The zero-order valence-corrected chi connectivity index (χ0v) is 4.42. The molecule has 2 atom stereocenters. The zero-order valence-electron chi connectivity index (χ0n) is 4.42. The first kappa shape index (κ1) is 5.17. The molecule has 0 radical (unpaired) electrons. The summed E-state index contributed by atoms with van der Waals surface area (Å²) >= 11 is 0. The van der Waals surface area contributed by atoms with E-state index in [1.54, 1.807) is 0 Å². The predicted molar refractivity (Wildman–Crippen MR) is 29.6 cm³/mol. The normalized spacial score (nSPS) is 33.4. The lowest BCUT2D eigenvalue weighted by Gasteiger charge is -1.81. The molecule has 1 saturated carbocycles. The highest BCUT2D eigenvalue weighted by Crippen LogP contribution is 2.36. The maximum atomic E-state index is 10.3. The first-order chi connectivity index (χ1) is 3.75. The quantitative estimate of drug-likeness (QED) is 0.463. The Kier molecular flexibility index (Phi) is 0.980. The molecule has 1 fully saturated rings. The molecule has 2 heteroatoms. The van der Waals surface area contributed by atoms with Gasteiger partial charge in [0.2, 0.25) is 5.91 Å². The summed E-state index contributed by atoms with van der Waals surface area (Å²) in [5.74, 6) is 2.34. The van der Waals surface area contributed by atoms with Gasteiger partial charge in [0.25, 0.3) is 0 Å². The Morgan fingerprint density at radius 1 is 1.88 bits per heavy atom. The van der Waals surface area contributed by atoms with E-state index >= 15 is 0 Å². The van der Waals surface area contributed by atoms with Crippen molar-refractivity contribution in [2.75, 3.05) is 0 Å². The molecule has 0 aromatic rings. The highest BCUT2D eigenvalue weighted by molar-refractivity contribution is 5.80. The van der Waals surface area contributed by atoms with Crippen LogP contribution in [0.3, 0.4) is 0 Å². The summed E-state index contributed by atoms with van der Waals surface area (Å²) in [7, 11) is 0. The van der Waals surface area contributed by atoms with Crippen molar-refractivity contribution in [3.63, 3.8) is 0 Å². The number of primary amides is 1. The van der Waals surface area contributed by atoms with Crippen molar-refractivity contribution in [2.45, 2.75) is 6.42 Å². The summed E-state index contributed by atoms with van der Waals surface area (Å²) in [6, 6.07) is 0. The van der Waals surface area contributed by atoms with Gasteiger partial charge < -0.3 is 5.73 Å². The van der Waals surface area contributed by atoms with Gasteiger partial charge in [-0.1, -0.05) is 0 Å². The Bertz CT molecular complexity index is 156. The molecule has 8 heavy (non-hydrogen) atoms. The number of carbonyl (C=O) groups excluding carboxylic acids is 1. The van der Waals surface area contributed by atoms with Gasteiger partial charge in [-0.25, -0.2) is 0 Å². The fraction of sp³-hybridized carbons (Fsp3) is 0.500. The van der Waals surface area contributed by atoms with E-state index in [1.165, 1.54) is 0 Å². The lowest BCUT2D eigenvalue weighted by molar-refractivity contribution is -0.119. The minimum absolute atomic E-state index is 0.0139. The van der Waals surface area contributed by atoms with Crippen molar-refractivity contribution in [2.24, 2.45) is 17.6 Å². The lowest BCUT2D eigenvalue weighted by atomic mass is 10.3. The number of terminal acetylenes is 1. The molecule has 1 amide bonds. The average molecular weight is 109 g/mol. The highest BCUT2D eigenvalue weighted by atomic mass is 16.1. The Hall–Kier alpha value is -0.970. The molecule has 0 aliphatic heterocycles.